The molecule has 0 aliphatic rings. The van der Waals surface area contributed by atoms with Gasteiger partial charge < -0.3 is 4.57 Å². The molecule has 3 nitrogen and oxygen atoms in total. The molecule has 0 N–H and O–H groups in total. The summed E-state index contributed by atoms with van der Waals surface area (Å²) in [5.74, 6) is 1.40. The highest BCUT2D eigenvalue weighted by Crippen LogP contribution is 2.17. The molecule has 2 heterocycles. The Hall–Kier alpha value is -1.09. The van der Waals surface area contributed by atoms with E-state index in [2.05, 4.69) is 21.5 Å². The molecule has 2 aromatic rings. The van der Waals surface area contributed by atoms with E-state index in [0.29, 0.717) is 5.88 Å². The molecule has 0 aliphatic heterocycles. The summed E-state index contributed by atoms with van der Waals surface area (Å²) in [5, 5.41) is 0. The van der Waals surface area contributed by atoms with Crippen LogP contribution >= 0.6 is 11.6 Å². The number of hydrogen-bond acceptors (Lipinski definition) is 2. The smallest absolute Gasteiger partial charge is 0.124 e. The molecule has 0 aromatic carbocycles. The lowest BCUT2D eigenvalue weighted by molar-refractivity contribution is 0.600. The van der Waals surface area contributed by atoms with Crippen molar-refractivity contribution in [2.45, 2.75) is 38.6 Å². The van der Waals surface area contributed by atoms with E-state index < -0.39 is 0 Å². The van der Waals surface area contributed by atoms with Gasteiger partial charge >= 0.3 is 0 Å². The van der Waals surface area contributed by atoms with Crippen LogP contribution in [0.1, 0.15) is 32.0 Å². The van der Waals surface area contributed by atoms with E-state index in [1.54, 1.807) is 12.4 Å². The van der Waals surface area contributed by atoms with Crippen LogP contribution in [0, 0.1) is 0 Å². The van der Waals surface area contributed by atoms with Crippen LogP contribution in [-0.4, -0.2) is 14.5 Å². The van der Waals surface area contributed by atoms with Gasteiger partial charge in [0.25, 0.3) is 0 Å². The van der Waals surface area contributed by atoms with Crippen LogP contribution in [0.2, 0.25) is 0 Å². The van der Waals surface area contributed by atoms with Crippen LogP contribution in [0.3, 0.4) is 0 Å². The number of nitrogens with zero attached hydrogens (tertiary/aromatic N) is 3. The second-order valence-electron chi connectivity index (χ2n) is 3.88. The minimum atomic E-state index is 0.459. The highest BCUT2D eigenvalue weighted by Gasteiger charge is 2.08. The largest absolute Gasteiger partial charge is 0.327 e. The summed E-state index contributed by atoms with van der Waals surface area (Å²) < 4.78 is 2.21. The van der Waals surface area contributed by atoms with Gasteiger partial charge in [-0.2, -0.15) is 0 Å². The predicted molar refractivity (Wildman–Crippen MR) is 66.6 cm³/mol. The minimum Gasteiger partial charge on any atom is -0.327 e. The Morgan fingerprint density at radius 3 is 3.00 bits per heavy atom. The molecule has 16 heavy (non-hydrogen) atoms. The van der Waals surface area contributed by atoms with Gasteiger partial charge in [-0.15, -0.1) is 11.6 Å². The fourth-order valence-corrected chi connectivity index (χ4v) is 2.11. The van der Waals surface area contributed by atoms with Gasteiger partial charge in [0, 0.05) is 12.7 Å². The maximum absolute atomic E-state index is 5.91. The van der Waals surface area contributed by atoms with Crippen LogP contribution < -0.4 is 0 Å². The molecule has 0 fully saturated rings. The van der Waals surface area contributed by atoms with Gasteiger partial charge in [-0.3, -0.25) is 4.98 Å². The molecule has 2 aromatic heterocycles. The average molecular weight is 238 g/mol. The van der Waals surface area contributed by atoms with E-state index in [9.17, 15) is 0 Å². The van der Waals surface area contributed by atoms with Crippen molar-refractivity contribution in [2.75, 3.05) is 0 Å². The number of rotatable bonds is 5. The van der Waals surface area contributed by atoms with Crippen LogP contribution in [0.25, 0.3) is 11.0 Å². The van der Waals surface area contributed by atoms with E-state index in [4.69, 9.17) is 11.6 Å². The fraction of sp³-hybridized carbons (Fsp3) is 0.500. The lowest BCUT2D eigenvalue weighted by atomic mass is 10.2. The Morgan fingerprint density at radius 1 is 1.38 bits per heavy atom. The molecule has 2 rings (SSSR count). The van der Waals surface area contributed by atoms with E-state index >= 15 is 0 Å². The van der Waals surface area contributed by atoms with Gasteiger partial charge in [0.05, 0.1) is 17.6 Å². The zero-order valence-electron chi connectivity index (χ0n) is 9.49. The number of aromatic nitrogens is 3. The van der Waals surface area contributed by atoms with E-state index in [-0.39, 0.29) is 0 Å². The first-order chi connectivity index (χ1) is 7.86. The number of imidazole rings is 1. The fourth-order valence-electron chi connectivity index (χ4n) is 1.90. The van der Waals surface area contributed by atoms with Gasteiger partial charge in [-0.05, 0) is 12.5 Å². The van der Waals surface area contributed by atoms with Crippen LogP contribution in [0.5, 0.6) is 0 Å². The topological polar surface area (TPSA) is 30.7 Å². The second-order valence-corrected chi connectivity index (χ2v) is 4.15. The third kappa shape index (κ3) is 2.19. The molecule has 0 amide bonds. The summed E-state index contributed by atoms with van der Waals surface area (Å²) >= 11 is 5.91. The molecule has 0 bridgehead atoms. The molecule has 86 valence electrons. The Bertz CT molecular complexity index is 464. The van der Waals surface area contributed by atoms with Gasteiger partial charge in [0.15, 0.2) is 0 Å². The minimum absolute atomic E-state index is 0.459. The normalized spacial score (nSPS) is 11.1. The van der Waals surface area contributed by atoms with E-state index in [0.717, 1.165) is 23.4 Å². The van der Waals surface area contributed by atoms with E-state index in [1.807, 2.05) is 6.07 Å². The Labute approximate surface area is 100 Å². The lowest BCUT2D eigenvalue weighted by Gasteiger charge is -2.06. The molecule has 0 unspecified atom stereocenters. The maximum Gasteiger partial charge on any atom is 0.124 e. The molecule has 0 radical (unpaired) electrons. The van der Waals surface area contributed by atoms with Crippen molar-refractivity contribution in [3.05, 3.63) is 24.3 Å². The first kappa shape index (κ1) is 11.4. The number of hydrogen-bond donors (Lipinski definition) is 0. The summed E-state index contributed by atoms with van der Waals surface area (Å²) in [5.41, 5.74) is 2.08. The van der Waals surface area contributed by atoms with E-state index in [1.165, 1.54) is 19.3 Å². The maximum atomic E-state index is 5.91. The van der Waals surface area contributed by atoms with Crippen LogP contribution in [0.4, 0.5) is 0 Å². The first-order valence-corrected chi connectivity index (χ1v) is 6.25. The SMILES string of the molecule is CCCCCn1c(CCl)nc2cnccc21. The van der Waals surface area contributed by atoms with Crippen molar-refractivity contribution in [3.8, 4) is 0 Å². The highest BCUT2D eigenvalue weighted by molar-refractivity contribution is 6.16. The van der Waals surface area contributed by atoms with Gasteiger partial charge in [0.2, 0.25) is 0 Å². The van der Waals surface area contributed by atoms with Crippen molar-refractivity contribution < 1.29 is 0 Å². The molecular formula is C12H16ClN3. The monoisotopic (exact) mass is 237 g/mol. The zero-order chi connectivity index (χ0) is 11.4. The summed E-state index contributed by atoms with van der Waals surface area (Å²) in [6, 6.07) is 2.00. The Balaban J connectivity index is 2.32. The second kappa shape index (κ2) is 5.30. The number of unbranched alkanes of at least 4 members (excludes halogenated alkanes) is 2. The van der Waals surface area contributed by atoms with Crippen molar-refractivity contribution in [3.63, 3.8) is 0 Å². The summed E-state index contributed by atoms with van der Waals surface area (Å²) in [6.07, 6.45) is 7.24. The molecule has 4 heteroatoms. The third-order valence-electron chi connectivity index (χ3n) is 2.73. The Morgan fingerprint density at radius 2 is 2.25 bits per heavy atom. The standard InChI is InChI=1S/C12H16ClN3/c1-2-3-4-7-16-11-5-6-14-9-10(11)15-12(16)8-13/h5-6,9H,2-4,7-8H2,1H3. The highest BCUT2D eigenvalue weighted by atomic mass is 35.5. The summed E-state index contributed by atoms with van der Waals surface area (Å²) in [7, 11) is 0. The number of fused-ring (bicyclic) bond motifs is 1. The number of aryl methyl sites for hydroxylation is 1. The molecular weight excluding hydrogens is 222 g/mol. The Kier molecular flexibility index (Phi) is 3.78. The van der Waals surface area contributed by atoms with Crippen molar-refractivity contribution in [1.29, 1.82) is 0 Å². The quantitative estimate of drug-likeness (QED) is 0.590. The zero-order valence-corrected chi connectivity index (χ0v) is 10.2. The third-order valence-corrected chi connectivity index (χ3v) is 2.97. The predicted octanol–water partition coefficient (Wildman–Crippen LogP) is 3.36. The lowest BCUT2D eigenvalue weighted by Crippen LogP contribution is -2.02. The van der Waals surface area contributed by atoms with Gasteiger partial charge in [0.1, 0.15) is 11.3 Å². The van der Waals surface area contributed by atoms with Crippen LogP contribution in [-0.2, 0) is 12.4 Å². The molecule has 0 saturated carbocycles. The van der Waals surface area contributed by atoms with Gasteiger partial charge in [-0.1, -0.05) is 19.8 Å². The first-order valence-electron chi connectivity index (χ1n) is 5.72. The summed E-state index contributed by atoms with van der Waals surface area (Å²) in [6.45, 7) is 3.20. The van der Waals surface area contributed by atoms with Crippen LogP contribution in [0.15, 0.2) is 18.5 Å². The number of pyridine rings is 1. The number of halogens is 1. The van der Waals surface area contributed by atoms with Crippen molar-refractivity contribution in [1.82, 2.24) is 14.5 Å². The van der Waals surface area contributed by atoms with Gasteiger partial charge in [-0.25, -0.2) is 4.98 Å². The molecule has 0 spiro atoms. The molecule has 0 aliphatic carbocycles. The molecule has 0 saturated heterocycles. The molecule has 0 atom stereocenters. The summed E-state index contributed by atoms with van der Waals surface area (Å²) in [4.78, 5) is 8.56. The average Bonchev–Trinajstić information content (AvgIpc) is 2.68. The van der Waals surface area contributed by atoms with Crippen molar-refractivity contribution in [2.24, 2.45) is 0 Å². The van der Waals surface area contributed by atoms with Crippen molar-refractivity contribution >= 4 is 22.6 Å². The number of alkyl halides is 1.